The van der Waals surface area contributed by atoms with E-state index >= 15 is 0 Å². The summed E-state index contributed by atoms with van der Waals surface area (Å²) in [6.45, 7) is 8.38. The lowest BCUT2D eigenvalue weighted by Gasteiger charge is -2.25. The number of anilines is 1. The first-order valence-electron chi connectivity index (χ1n) is 6.71. The summed E-state index contributed by atoms with van der Waals surface area (Å²) in [6.07, 6.45) is 1.77. The van der Waals surface area contributed by atoms with Crippen LogP contribution in [0, 0.1) is 0 Å². The largest absolute Gasteiger partial charge is 0.481 e. The van der Waals surface area contributed by atoms with Crippen LogP contribution in [0.1, 0.15) is 38.3 Å². The molecule has 3 heteroatoms. The minimum Gasteiger partial charge on any atom is -0.481 e. The van der Waals surface area contributed by atoms with Gasteiger partial charge in [0, 0.05) is 25.2 Å². The fourth-order valence-electron chi connectivity index (χ4n) is 2.37. The minimum atomic E-state index is -0.731. The highest BCUT2D eigenvalue weighted by Crippen LogP contribution is 2.25. The normalized spacial score (nSPS) is 10.4. The van der Waals surface area contributed by atoms with Gasteiger partial charge in [-0.2, -0.15) is 0 Å². The van der Waals surface area contributed by atoms with Gasteiger partial charge in [0.05, 0.1) is 0 Å². The highest BCUT2D eigenvalue weighted by Gasteiger charge is 2.11. The van der Waals surface area contributed by atoms with Crippen LogP contribution in [0.25, 0.3) is 0 Å². The van der Waals surface area contributed by atoms with E-state index in [-0.39, 0.29) is 6.42 Å². The Morgan fingerprint density at radius 2 is 1.89 bits per heavy atom. The molecule has 0 atom stereocenters. The zero-order chi connectivity index (χ0) is 13.5. The third kappa shape index (κ3) is 3.49. The van der Waals surface area contributed by atoms with Crippen LogP contribution in [-0.2, 0) is 17.6 Å². The summed E-state index contributed by atoms with van der Waals surface area (Å²) in [7, 11) is 0. The smallest absolute Gasteiger partial charge is 0.303 e. The summed E-state index contributed by atoms with van der Waals surface area (Å²) in [6, 6.07) is 6.22. The topological polar surface area (TPSA) is 40.5 Å². The first-order chi connectivity index (χ1) is 8.63. The average molecular weight is 249 g/mol. The van der Waals surface area contributed by atoms with E-state index in [4.69, 9.17) is 5.11 Å². The lowest BCUT2D eigenvalue weighted by Crippen LogP contribution is -2.23. The molecule has 1 aromatic carbocycles. The highest BCUT2D eigenvalue weighted by molar-refractivity contribution is 5.67. The quantitative estimate of drug-likeness (QED) is 0.807. The minimum absolute atomic E-state index is 0.203. The molecule has 0 unspecified atom stereocenters. The van der Waals surface area contributed by atoms with Crippen LogP contribution in [0.5, 0.6) is 0 Å². The predicted molar refractivity (Wildman–Crippen MR) is 75.3 cm³/mol. The van der Waals surface area contributed by atoms with Crippen LogP contribution >= 0.6 is 0 Å². The molecule has 0 heterocycles. The Hall–Kier alpha value is -1.51. The SMILES string of the molecule is CCc1c(CCC(=O)O)cccc1N(CC)CC. The number of hydrogen-bond donors (Lipinski definition) is 1. The van der Waals surface area contributed by atoms with E-state index in [1.54, 1.807) is 0 Å². The summed E-state index contributed by atoms with van der Waals surface area (Å²) in [5, 5.41) is 8.80. The number of aliphatic carboxylic acids is 1. The van der Waals surface area contributed by atoms with Gasteiger partial charge in [0.25, 0.3) is 0 Å². The Bertz CT molecular complexity index is 397. The van der Waals surface area contributed by atoms with Crippen molar-refractivity contribution in [3.63, 3.8) is 0 Å². The summed E-state index contributed by atoms with van der Waals surface area (Å²) in [5.74, 6) is -0.731. The van der Waals surface area contributed by atoms with Crippen molar-refractivity contribution in [1.82, 2.24) is 0 Å². The van der Waals surface area contributed by atoms with Crippen molar-refractivity contribution in [2.75, 3.05) is 18.0 Å². The van der Waals surface area contributed by atoms with E-state index in [1.165, 1.54) is 16.8 Å². The molecule has 100 valence electrons. The maximum atomic E-state index is 10.7. The van der Waals surface area contributed by atoms with Crippen LogP contribution in [-0.4, -0.2) is 24.2 Å². The molecule has 3 nitrogen and oxygen atoms in total. The second-order valence-corrected chi connectivity index (χ2v) is 4.33. The molecule has 1 N–H and O–H groups in total. The Kier molecular flexibility index (Phi) is 5.69. The number of carbonyl (C=O) groups is 1. The lowest BCUT2D eigenvalue weighted by molar-refractivity contribution is -0.136. The Labute approximate surface area is 109 Å². The summed E-state index contributed by atoms with van der Waals surface area (Å²) in [5.41, 5.74) is 3.72. The van der Waals surface area contributed by atoms with Crippen molar-refractivity contribution in [2.24, 2.45) is 0 Å². The summed E-state index contributed by atoms with van der Waals surface area (Å²) in [4.78, 5) is 13.0. The zero-order valence-corrected chi connectivity index (χ0v) is 11.6. The van der Waals surface area contributed by atoms with Gasteiger partial charge < -0.3 is 10.0 Å². The molecule has 0 bridgehead atoms. The monoisotopic (exact) mass is 249 g/mol. The zero-order valence-electron chi connectivity index (χ0n) is 11.6. The molecular weight excluding hydrogens is 226 g/mol. The van der Waals surface area contributed by atoms with Gasteiger partial charge in [-0.05, 0) is 43.9 Å². The summed E-state index contributed by atoms with van der Waals surface area (Å²) >= 11 is 0. The molecule has 0 radical (unpaired) electrons. The number of benzene rings is 1. The number of rotatable bonds is 7. The second-order valence-electron chi connectivity index (χ2n) is 4.33. The summed E-state index contributed by atoms with van der Waals surface area (Å²) < 4.78 is 0. The van der Waals surface area contributed by atoms with Crippen LogP contribution in [0.15, 0.2) is 18.2 Å². The van der Waals surface area contributed by atoms with Gasteiger partial charge in [-0.3, -0.25) is 4.79 Å². The van der Waals surface area contributed by atoms with Gasteiger partial charge in [-0.1, -0.05) is 19.1 Å². The van der Waals surface area contributed by atoms with Gasteiger partial charge in [-0.25, -0.2) is 0 Å². The molecule has 1 rings (SSSR count). The van der Waals surface area contributed by atoms with Crippen molar-refractivity contribution in [3.8, 4) is 0 Å². The van der Waals surface area contributed by atoms with Gasteiger partial charge in [-0.15, -0.1) is 0 Å². The Morgan fingerprint density at radius 1 is 1.22 bits per heavy atom. The van der Waals surface area contributed by atoms with E-state index in [9.17, 15) is 4.79 Å². The maximum absolute atomic E-state index is 10.7. The van der Waals surface area contributed by atoms with Crippen LogP contribution in [0.4, 0.5) is 5.69 Å². The van der Waals surface area contributed by atoms with E-state index in [0.717, 1.165) is 19.5 Å². The number of hydrogen-bond acceptors (Lipinski definition) is 2. The lowest BCUT2D eigenvalue weighted by atomic mass is 9.98. The van der Waals surface area contributed by atoms with Crippen molar-refractivity contribution in [1.29, 1.82) is 0 Å². The van der Waals surface area contributed by atoms with Gasteiger partial charge in [0.2, 0.25) is 0 Å². The van der Waals surface area contributed by atoms with Crippen LogP contribution in [0.3, 0.4) is 0 Å². The van der Waals surface area contributed by atoms with Crippen LogP contribution in [0.2, 0.25) is 0 Å². The van der Waals surface area contributed by atoms with E-state index in [0.29, 0.717) is 6.42 Å². The average Bonchev–Trinajstić information content (AvgIpc) is 2.37. The molecule has 0 aliphatic carbocycles. The third-order valence-corrected chi connectivity index (χ3v) is 3.31. The second kappa shape index (κ2) is 7.04. The number of carboxylic acid groups (broad SMARTS) is 1. The molecule has 0 amide bonds. The highest BCUT2D eigenvalue weighted by atomic mass is 16.4. The molecule has 0 spiro atoms. The van der Waals surface area contributed by atoms with E-state index in [1.807, 2.05) is 6.07 Å². The molecule has 0 aliphatic heterocycles. The molecular formula is C15H23NO2. The standard InChI is InChI=1S/C15H23NO2/c1-4-13-12(10-11-15(17)18)8-7-9-14(13)16(5-2)6-3/h7-9H,4-6,10-11H2,1-3H3,(H,17,18). The molecule has 18 heavy (non-hydrogen) atoms. The molecule has 1 aromatic rings. The van der Waals surface area contributed by atoms with E-state index in [2.05, 4.69) is 37.8 Å². The number of aryl methyl sites for hydroxylation is 1. The Morgan fingerprint density at radius 3 is 2.39 bits per heavy atom. The number of carboxylic acids is 1. The third-order valence-electron chi connectivity index (χ3n) is 3.31. The molecule has 0 saturated heterocycles. The predicted octanol–water partition coefficient (Wildman–Crippen LogP) is 3.11. The van der Waals surface area contributed by atoms with Crippen molar-refractivity contribution in [3.05, 3.63) is 29.3 Å². The van der Waals surface area contributed by atoms with Crippen molar-refractivity contribution >= 4 is 11.7 Å². The number of nitrogens with zero attached hydrogens (tertiary/aromatic N) is 1. The Balaban J connectivity index is 3.04. The molecule has 0 fully saturated rings. The fourth-order valence-corrected chi connectivity index (χ4v) is 2.37. The first kappa shape index (κ1) is 14.6. The molecule has 0 aliphatic rings. The van der Waals surface area contributed by atoms with Gasteiger partial charge >= 0.3 is 5.97 Å². The van der Waals surface area contributed by atoms with Crippen molar-refractivity contribution in [2.45, 2.75) is 40.0 Å². The first-order valence-corrected chi connectivity index (χ1v) is 6.71. The van der Waals surface area contributed by atoms with Gasteiger partial charge in [0.15, 0.2) is 0 Å². The van der Waals surface area contributed by atoms with Gasteiger partial charge in [0.1, 0.15) is 0 Å². The van der Waals surface area contributed by atoms with Crippen LogP contribution < -0.4 is 4.90 Å². The maximum Gasteiger partial charge on any atom is 0.303 e. The molecule has 0 aromatic heterocycles. The van der Waals surface area contributed by atoms with E-state index < -0.39 is 5.97 Å². The fraction of sp³-hybridized carbons (Fsp3) is 0.533. The van der Waals surface area contributed by atoms with Crippen molar-refractivity contribution < 1.29 is 9.90 Å². The molecule has 0 saturated carbocycles.